The van der Waals surface area contributed by atoms with Crippen LogP contribution >= 0.6 is 27.5 Å². The number of para-hydroxylation sites is 2. The van der Waals surface area contributed by atoms with E-state index in [1.165, 1.54) is 11.4 Å². The predicted molar refractivity (Wildman–Crippen MR) is 90.8 cm³/mol. The van der Waals surface area contributed by atoms with Crippen molar-refractivity contribution in [2.75, 3.05) is 29.9 Å². The number of hydrogen-bond donors (Lipinski definition) is 0. The third-order valence-electron chi connectivity index (χ3n) is 3.74. The van der Waals surface area contributed by atoms with E-state index in [0.29, 0.717) is 0 Å². The van der Waals surface area contributed by atoms with Gasteiger partial charge >= 0.3 is 0 Å². The summed E-state index contributed by atoms with van der Waals surface area (Å²) in [6, 6.07) is 14.8. The molecule has 1 heterocycles. The van der Waals surface area contributed by atoms with Crippen molar-refractivity contribution in [3.8, 4) is 0 Å². The van der Waals surface area contributed by atoms with Gasteiger partial charge in [-0.2, -0.15) is 0 Å². The number of rotatable bonds is 2. The zero-order valence-corrected chi connectivity index (χ0v) is 13.7. The molecule has 104 valence electrons. The summed E-state index contributed by atoms with van der Waals surface area (Å²) in [6.07, 6.45) is 0. The second-order valence-corrected chi connectivity index (χ2v) is 5.94. The smallest absolute Gasteiger partial charge is 0.0649 e. The predicted octanol–water partition coefficient (Wildman–Crippen LogP) is 4.82. The molecule has 0 saturated heterocycles. The first-order valence-corrected chi connectivity index (χ1v) is 8.13. The topological polar surface area (TPSA) is 6.48 Å². The van der Waals surface area contributed by atoms with Crippen molar-refractivity contribution in [3.05, 3.63) is 53.1 Å². The molecule has 0 bridgehead atoms. The second-order valence-electron chi connectivity index (χ2n) is 4.97. The van der Waals surface area contributed by atoms with Gasteiger partial charge in [-0.1, -0.05) is 45.7 Å². The van der Waals surface area contributed by atoms with E-state index in [0.717, 1.165) is 34.7 Å². The Kier molecular flexibility index (Phi) is 3.90. The van der Waals surface area contributed by atoms with Crippen molar-refractivity contribution >= 4 is 44.6 Å². The van der Waals surface area contributed by atoms with Crippen LogP contribution < -0.4 is 9.80 Å². The van der Waals surface area contributed by atoms with Crippen molar-refractivity contribution in [3.63, 3.8) is 0 Å². The van der Waals surface area contributed by atoms with Crippen LogP contribution in [0.25, 0.3) is 0 Å². The Bertz CT molecular complexity index is 630. The molecule has 0 spiro atoms. The molecule has 2 aromatic carbocycles. The summed E-state index contributed by atoms with van der Waals surface area (Å²) in [5.41, 5.74) is 4.78. The zero-order valence-electron chi connectivity index (χ0n) is 11.3. The van der Waals surface area contributed by atoms with Gasteiger partial charge in [0.05, 0.1) is 11.4 Å². The number of benzene rings is 2. The van der Waals surface area contributed by atoms with E-state index in [2.05, 4.69) is 75.2 Å². The fourth-order valence-corrected chi connectivity index (χ4v) is 3.48. The molecule has 0 aromatic heterocycles. The summed E-state index contributed by atoms with van der Waals surface area (Å²) in [7, 11) is 2.14. The highest BCUT2D eigenvalue weighted by molar-refractivity contribution is 9.08. The zero-order chi connectivity index (χ0) is 14.1. The van der Waals surface area contributed by atoms with Gasteiger partial charge in [0.2, 0.25) is 0 Å². The Morgan fingerprint density at radius 3 is 2.55 bits per heavy atom. The molecule has 0 amide bonds. The lowest BCUT2D eigenvalue weighted by Crippen LogP contribution is -2.36. The van der Waals surface area contributed by atoms with E-state index in [1.54, 1.807) is 0 Å². The van der Waals surface area contributed by atoms with E-state index in [1.807, 2.05) is 0 Å². The summed E-state index contributed by atoms with van der Waals surface area (Å²) in [6.45, 7) is 1.98. The molecule has 3 rings (SSSR count). The lowest BCUT2D eigenvalue weighted by Gasteiger charge is -2.37. The monoisotopic (exact) mass is 350 g/mol. The number of anilines is 3. The van der Waals surface area contributed by atoms with Crippen molar-refractivity contribution in [1.29, 1.82) is 0 Å². The maximum absolute atomic E-state index is 6.34. The molecule has 2 aromatic rings. The molecule has 4 heteroatoms. The van der Waals surface area contributed by atoms with Crippen LogP contribution in [0.3, 0.4) is 0 Å². The Balaban J connectivity index is 2.03. The Labute approximate surface area is 133 Å². The average molecular weight is 352 g/mol. The van der Waals surface area contributed by atoms with E-state index < -0.39 is 0 Å². The number of hydrogen-bond acceptors (Lipinski definition) is 2. The third-order valence-corrected chi connectivity index (χ3v) is 4.69. The van der Waals surface area contributed by atoms with Gasteiger partial charge in [0, 0.05) is 36.2 Å². The molecule has 20 heavy (non-hydrogen) atoms. The lowest BCUT2D eigenvalue weighted by molar-refractivity contribution is 0.822. The van der Waals surface area contributed by atoms with Crippen LogP contribution in [-0.2, 0) is 5.33 Å². The summed E-state index contributed by atoms with van der Waals surface area (Å²) >= 11 is 9.80. The van der Waals surface area contributed by atoms with Crippen molar-refractivity contribution < 1.29 is 0 Å². The van der Waals surface area contributed by atoms with E-state index in [9.17, 15) is 0 Å². The first kappa shape index (κ1) is 13.8. The second kappa shape index (κ2) is 5.66. The third kappa shape index (κ3) is 2.40. The molecule has 0 saturated carbocycles. The number of fused-ring (bicyclic) bond motifs is 1. The molecule has 1 aliphatic rings. The minimum Gasteiger partial charge on any atom is -0.371 e. The number of halogens is 2. The van der Waals surface area contributed by atoms with E-state index in [-0.39, 0.29) is 0 Å². The molecule has 0 N–H and O–H groups in total. The molecule has 0 fully saturated rings. The van der Waals surface area contributed by atoms with Crippen LogP contribution in [0.2, 0.25) is 5.02 Å². The van der Waals surface area contributed by atoms with E-state index in [4.69, 9.17) is 11.6 Å². The van der Waals surface area contributed by atoms with Crippen LogP contribution in [0.5, 0.6) is 0 Å². The number of alkyl halides is 1. The van der Waals surface area contributed by atoms with Crippen LogP contribution in [-0.4, -0.2) is 20.1 Å². The lowest BCUT2D eigenvalue weighted by atomic mass is 10.1. The Morgan fingerprint density at radius 1 is 1.10 bits per heavy atom. The van der Waals surface area contributed by atoms with Gasteiger partial charge in [-0.25, -0.2) is 0 Å². The highest BCUT2D eigenvalue weighted by atomic mass is 79.9. The summed E-state index contributed by atoms with van der Waals surface area (Å²) in [5, 5.41) is 1.60. The Morgan fingerprint density at radius 2 is 1.85 bits per heavy atom. The van der Waals surface area contributed by atoms with Crippen LogP contribution in [0.15, 0.2) is 42.5 Å². The SMILES string of the molecule is CN1CCN(c2ccc(CBr)c(Cl)c2)c2ccccc21. The standard InChI is InChI=1S/C16H16BrClN2/c1-19-8-9-20(16-5-3-2-4-15(16)19)13-7-6-12(11-17)14(18)10-13/h2-7,10H,8-9,11H2,1H3. The first-order valence-electron chi connectivity index (χ1n) is 6.63. The van der Waals surface area contributed by atoms with E-state index >= 15 is 0 Å². The first-order chi connectivity index (χ1) is 9.70. The van der Waals surface area contributed by atoms with Crippen LogP contribution in [0, 0.1) is 0 Å². The fraction of sp³-hybridized carbons (Fsp3) is 0.250. The van der Waals surface area contributed by atoms with Gasteiger partial charge < -0.3 is 9.80 Å². The fourth-order valence-electron chi connectivity index (χ4n) is 2.59. The number of nitrogens with zero attached hydrogens (tertiary/aromatic N) is 2. The van der Waals surface area contributed by atoms with Crippen molar-refractivity contribution in [2.24, 2.45) is 0 Å². The molecular formula is C16H16BrClN2. The highest BCUT2D eigenvalue weighted by Gasteiger charge is 2.21. The minimum atomic E-state index is 0.783. The number of likely N-dealkylation sites (N-methyl/N-ethyl adjacent to an activating group) is 1. The van der Waals surface area contributed by atoms with Crippen molar-refractivity contribution in [1.82, 2.24) is 0 Å². The Hall–Kier alpha value is -1.19. The van der Waals surface area contributed by atoms with Gasteiger partial charge in [0.15, 0.2) is 0 Å². The van der Waals surface area contributed by atoms with Crippen LogP contribution in [0.4, 0.5) is 17.1 Å². The maximum Gasteiger partial charge on any atom is 0.0649 e. The maximum atomic E-state index is 6.34. The normalized spacial score (nSPS) is 14.3. The summed E-state index contributed by atoms with van der Waals surface area (Å²) in [5.74, 6) is 0. The molecule has 0 aliphatic carbocycles. The molecule has 2 nitrogen and oxygen atoms in total. The highest BCUT2D eigenvalue weighted by Crippen LogP contribution is 2.38. The molecule has 1 aliphatic heterocycles. The van der Waals surface area contributed by atoms with Gasteiger partial charge in [-0.15, -0.1) is 0 Å². The van der Waals surface area contributed by atoms with Gasteiger partial charge in [-0.3, -0.25) is 0 Å². The van der Waals surface area contributed by atoms with Crippen molar-refractivity contribution in [2.45, 2.75) is 5.33 Å². The molecule has 0 unspecified atom stereocenters. The van der Waals surface area contributed by atoms with Gasteiger partial charge in [-0.05, 0) is 29.8 Å². The summed E-state index contributed by atoms with van der Waals surface area (Å²) < 4.78 is 0. The quantitative estimate of drug-likeness (QED) is 0.716. The minimum absolute atomic E-state index is 0.783. The van der Waals surface area contributed by atoms with Gasteiger partial charge in [0.25, 0.3) is 0 Å². The molecular weight excluding hydrogens is 336 g/mol. The summed E-state index contributed by atoms with van der Waals surface area (Å²) in [4.78, 5) is 4.62. The van der Waals surface area contributed by atoms with Crippen LogP contribution in [0.1, 0.15) is 5.56 Å². The van der Waals surface area contributed by atoms with Gasteiger partial charge in [0.1, 0.15) is 0 Å². The largest absolute Gasteiger partial charge is 0.371 e. The average Bonchev–Trinajstić information content (AvgIpc) is 2.48. The molecule has 0 radical (unpaired) electrons. The molecule has 0 atom stereocenters.